The second-order valence-corrected chi connectivity index (χ2v) is 3.52. The van der Waals surface area contributed by atoms with Gasteiger partial charge in [-0.05, 0) is 20.8 Å². The van der Waals surface area contributed by atoms with Gasteiger partial charge >= 0.3 is 0 Å². The first-order chi connectivity index (χ1) is 6.00. The Bertz CT molecular complexity index is 321. The molecule has 0 aliphatic heterocycles. The molecule has 3 heteroatoms. The minimum absolute atomic E-state index is 0.111. The molecular weight excluding hydrogens is 162 g/mol. The van der Waals surface area contributed by atoms with Gasteiger partial charge in [0.1, 0.15) is 0 Å². The van der Waals surface area contributed by atoms with Gasteiger partial charge in [0.25, 0.3) is 0 Å². The fourth-order valence-corrected chi connectivity index (χ4v) is 1.14. The van der Waals surface area contributed by atoms with Crippen molar-refractivity contribution in [3.05, 3.63) is 23.0 Å². The number of aryl methyl sites for hydroxylation is 2. The van der Waals surface area contributed by atoms with Crippen LogP contribution in [0.4, 0.5) is 0 Å². The number of hydrogen-bond donors (Lipinski definition) is 1. The molecule has 0 saturated carbocycles. The SMILES string of the molecule is CC(=Cc1cn(C)nc1C)C(C)N. The maximum absolute atomic E-state index is 5.75. The highest BCUT2D eigenvalue weighted by Gasteiger charge is 2.02. The third kappa shape index (κ3) is 2.42. The molecule has 0 bridgehead atoms. The lowest BCUT2D eigenvalue weighted by Gasteiger charge is -2.03. The molecule has 0 amide bonds. The molecule has 3 nitrogen and oxygen atoms in total. The van der Waals surface area contributed by atoms with E-state index in [1.807, 2.05) is 38.7 Å². The van der Waals surface area contributed by atoms with Crippen molar-refractivity contribution in [3.8, 4) is 0 Å². The van der Waals surface area contributed by atoms with E-state index < -0.39 is 0 Å². The topological polar surface area (TPSA) is 43.8 Å². The molecule has 0 spiro atoms. The molecule has 0 aliphatic rings. The van der Waals surface area contributed by atoms with E-state index in [1.54, 1.807) is 0 Å². The van der Waals surface area contributed by atoms with Crippen molar-refractivity contribution in [3.63, 3.8) is 0 Å². The molecule has 0 aromatic carbocycles. The summed E-state index contributed by atoms with van der Waals surface area (Å²) < 4.78 is 1.82. The molecule has 0 aliphatic carbocycles. The van der Waals surface area contributed by atoms with E-state index in [2.05, 4.69) is 11.2 Å². The first kappa shape index (κ1) is 9.99. The maximum atomic E-state index is 5.75. The summed E-state index contributed by atoms with van der Waals surface area (Å²) >= 11 is 0. The van der Waals surface area contributed by atoms with Gasteiger partial charge in [-0.25, -0.2) is 0 Å². The van der Waals surface area contributed by atoms with Gasteiger partial charge in [0.05, 0.1) is 5.69 Å². The van der Waals surface area contributed by atoms with Gasteiger partial charge in [-0.3, -0.25) is 4.68 Å². The van der Waals surface area contributed by atoms with Crippen molar-refractivity contribution in [2.24, 2.45) is 12.8 Å². The van der Waals surface area contributed by atoms with Gasteiger partial charge in [-0.15, -0.1) is 0 Å². The summed E-state index contributed by atoms with van der Waals surface area (Å²) in [5, 5.41) is 4.25. The van der Waals surface area contributed by atoms with Crippen LogP contribution < -0.4 is 5.73 Å². The molecule has 1 aromatic heterocycles. The van der Waals surface area contributed by atoms with Gasteiger partial charge in [0.15, 0.2) is 0 Å². The van der Waals surface area contributed by atoms with Crippen LogP contribution in [-0.2, 0) is 7.05 Å². The Morgan fingerprint density at radius 3 is 2.69 bits per heavy atom. The molecule has 2 N–H and O–H groups in total. The van der Waals surface area contributed by atoms with Crippen LogP contribution in [0, 0.1) is 6.92 Å². The summed E-state index contributed by atoms with van der Waals surface area (Å²) in [6.07, 6.45) is 4.09. The van der Waals surface area contributed by atoms with Gasteiger partial charge in [-0.1, -0.05) is 11.6 Å². The normalized spacial score (nSPS) is 14.7. The van der Waals surface area contributed by atoms with E-state index in [0.717, 1.165) is 11.3 Å². The number of aromatic nitrogens is 2. The standard InChI is InChI=1S/C10H17N3/c1-7(8(2)11)5-10-6-13(4)12-9(10)3/h5-6,8H,11H2,1-4H3. The second-order valence-electron chi connectivity index (χ2n) is 3.52. The molecule has 1 atom stereocenters. The van der Waals surface area contributed by atoms with Crippen molar-refractivity contribution >= 4 is 6.08 Å². The Kier molecular flexibility index (Phi) is 2.88. The highest BCUT2D eigenvalue weighted by molar-refractivity contribution is 5.54. The van der Waals surface area contributed by atoms with Crippen LogP contribution in [-0.4, -0.2) is 15.8 Å². The largest absolute Gasteiger partial charge is 0.324 e. The molecule has 72 valence electrons. The van der Waals surface area contributed by atoms with E-state index in [1.165, 1.54) is 5.57 Å². The lowest BCUT2D eigenvalue weighted by Crippen LogP contribution is -2.15. The Morgan fingerprint density at radius 1 is 1.69 bits per heavy atom. The van der Waals surface area contributed by atoms with Gasteiger partial charge in [0.2, 0.25) is 0 Å². The maximum Gasteiger partial charge on any atom is 0.0665 e. The molecule has 1 heterocycles. The molecule has 0 radical (unpaired) electrons. The third-order valence-electron chi connectivity index (χ3n) is 2.15. The monoisotopic (exact) mass is 179 g/mol. The summed E-state index contributed by atoms with van der Waals surface area (Å²) in [5.74, 6) is 0. The van der Waals surface area contributed by atoms with Crippen LogP contribution >= 0.6 is 0 Å². The first-order valence-electron chi connectivity index (χ1n) is 4.44. The lowest BCUT2D eigenvalue weighted by atomic mass is 10.1. The fraction of sp³-hybridized carbons (Fsp3) is 0.500. The van der Waals surface area contributed by atoms with Gasteiger partial charge in [-0.2, -0.15) is 5.10 Å². The van der Waals surface area contributed by atoms with Crippen LogP contribution in [0.1, 0.15) is 25.1 Å². The summed E-state index contributed by atoms with van der Waals surface area (Å²) in [4.78, 5) is 0. The molecule has 0 saturated heterocycles. The Balaban J connectivity index is 2.96. The fourth-order valence-electron chi connectivity index (χ4n) is 1.14. The molecule has 1 aromatic rings. The number of nitrogens with zero attached hydrogens (tertiary/aromatic N) is 2. The molecule has 0 fully saturated rings. The van der Waals surface area contributed by atoms with Crippen LogP contribution in [0.2, 0.25) is 0 Å². The Morgan fingerprint density at radius 2 is 2.31 bits per heavy atom. The van der Waals surface area contributed by atoms with E-state index in [9.17, 15) is 0 Å². The molecule has 1 unspecified atom stereocenters. The quantitative estimate of drug-likeness (QED) is 0.747. The zero-order valence-corrected chi connectivity index (χ0v) is 8.70. The van der Waals surface area contributed by atoms with Crippen LogP contribution in [0.25, 0.3) is 6.08 Å². The second kappa shape index (κ2) is 3.75. The zero-order valence-electron chi connectivity index (χ0n) is 8.70. The lowest BCUT2D eigenvalue weighted by molar-refractivity contribution is 0.756. The number of nitrogens with two attached hydrogens (primary N) is 1. The third-order valence-corrected chi connectivity index (χ3v) is 2.15. The average Bonchev–Trinajstić information content (AvgIpc) is 2.30. The number of hydrogen-bond acceptors (Lipinski definition) is 2. The molecular formula is C10H17N3. The summed E-state index contributed by atoms with van der Waals surface area (Å²) in [5.41, 5.74) is 9.12. The van der Waals surface area contributed by atoms with E-state index in [4.69, 9.17) is 5.73 Å². The smallest absolute Gasteiger partial charge is 0.0665 e. The Labute approximate surface area is 79.2 Å². The minimum Gasteiger partial charge on any atom is -0.324 e. The van der Waals surface area contributed by atoms with Crippen molar-refractivity contribution < 1.29 is 0 Å². The van der Waals surface area contributed by atoms with E-state index >= 15 is 0 Å². The van der Waals surface area contributed by atoms with Crippen LogP contribution in [0.3, 0.4) is 0 Å². The van der Waals surface area contributed by atoms with Crippen LogP contribution in [0.15, 0.2) is 11.8 Å². The van der Waals surface area contributed by atoms with Crippen molar-refractivity contribution in [2.45, 2.75) is 26.8 Å². The number of rotatable bonds is 2. The minimum atomic E-state index is 0.111. The van der Waals surface area contributed by atoms with E-state index in [-0.39, 0.29) is 6.04 Å². The first-order valence-corrected chi connectivity index (χ1v) is 4.44. The highest BCUT2D eigenvalue weighted by atomic mass is 15.2. The van der Waals surface area contributed by atoms with Gasteiger partial charge in [0, 0.05) is 24.8 Å². The van der Waals surface area contributed by atoms with E-state index in [0.29, 0.717) is 0 Å². The average molecular weight is 179 g/mol. The summed E-state index contributed by atoms with van der Waals surface area (Å²) in [7, 11) is 1.92. The zero-order chi connectivity index (χ0) is 10.0. The summed E-state index contributed by atoms with van der Waals surface area (Å²) in [6, 6.07) is 0.111. The van der Waals surface area contributed by atoms with Crippen molar-refractivity contribution in [1.29, 1.82) is 0 Å². The molecule has 1 rings (SSSR count). The highest BCUT2D eigenvalue weighted by Crippen LogP contribution is 2.11. The Hall–Kier alpha value is -1.09. The van der Waals surface area contributed by atoms with Crippen molar-refractivity contribution in [1.82, 2.24) is 9.78 Å². The van der Waals surface area contributed by atoms with Gasteiger partial charge < -0.3 is 5.73 Å². The molecule has 13 heavy (non-hydrogen) atoms. The predicted molar refractivity (Wildman–Crippen MR) is 55.2 cm³/mol. The van der Waals surface area contributed by atoms with Crippen LogP contribution in [0.5, 0.6) is 0 Å². The van der Waals surface area contributed by atoms with Crippen molar-refractivity contribution in [2.75, 3.05) is 0 Å². The predicted octanol–water partition coefficient (Wildman–Crippen LogP) is 1.48. The summed E-state index contributed by atoms with van der Waals surface area (Å²) in [6.45, 7) is 6.02.